The number of fused-ring (bicyclic) bond motifs is 1. The molecule has 4 heterocycles. The second-order valence-electron chi connectivity index (χ2n) is 9.73. The van der Waals surface area contributed by atoms with Gasteiger partial charge in [-0.15, -0.1) is 10.2 Å². The van der Waals surface area contributed by atoms with Crippen molar-refractivity contribution in [1.29, 1.82) is 0 Å². The molecule has 3 aromatic rings. The fraction of sp³-hybridized carbons (Fsp3) is 0.462. The molecule has 0 N–H and O–H groups in total. The maximum absolute atomic E-state index is 13.6. The number of hydrogen-bond donors (Lipinski definition) is 0. The van der Waals surface area contributed by atoms with Crippen molar-refractivity contribution < 1.29 is 4.79 Å². The highest BCUT2D eigenvalue weighted by Gasteiger charge is 2.37. The van der Waals surface area contributed by atoms with Gasteiger partial charge in [0.25, 0.3) is 5.91 Å². The number of amides is 1. The zero-order chi connectivity index (χ0) is 22.4. The number of rotatable bonds is 6. The van der Waals surface area contributed by atoms with Crippen LogP contribution >= 0.6 is 0 Å². The number of piperidine rings is 1. The van der Waals surface area contributed by atoms with Gasteiger partial charge in [0.15, 0.2) is 0 Å². The summed E-state index contributed by atoms with van der Waals surface area (Å²) in [6.07, 6.45) is 8.63. The second-order valence-corrected chi connectivity index (χ2v) is 9.73. The summed E-state index contributed by atoms with van der Waals surface area (Å²) in [4.78, 5) is 23.1. The van der Waals surface area contributed by atoms with Crippen LogP contribution in [0.2, 0.25) is 0 Å². The molecule has 33 heavy (non-hydrogen) atoms. The summed E-state index contributed by atoms with van der Waals surface area (Å²) in [5.41, 5.74) is 6.30. The highest BCUT2D eigenvalue weighted by molar-refractivity contribution is 6.10. The zero-order valence-corrected chi connectivity index (χ0v) is 19.2. The maximum atomic E-state index is 13.6. The van der Waals surface area contributed by atoms with Crippen molar-refractivity contribution in [3.63, 3.8) is 0 Å². The fourth-order valence-corrected chi connectivity index (χ4v) is 5.19. The Morgan fingerprint density at radius 1 is 1.09 bits per heavy atom. The van der Waals surface area contributed by atoms with E-state index in [1.54, 1.807) is 6.33 Å². The summed E-state index contributed by atoms with van der Waals surface area (Å²) in [5, 5.41) is 8.18. The number of anilines is 1. The number of aromatic nitrogens is 4. The van der Waals surface area contributed by atoms with Crippen LogP contribution in [0.5, 0.6) is 0 Å². The summed E-state index contributed by atoms with van der Waals surface area (Å²) < 4.78 is 1.93. The topological polar surface area (TPSA) is 67.2 Å². The Labute approximate surface area is 194 Å². The molecule has 6 rings (SSSR count). The summed E-state index contributed by atoms with van der Waals surface area (Å²) in [5.74, 6) is 1.53. The molecule has 170 valence electrons. The predicted octanol–water partition coefficient (Wildman–Crippen LogP) is 3.82. The first kappa shape index (κ1) is 20.5. The van der Waals surface area contributed by atoms with E-state index in [-0.39, 0.29) is 5.91 Å². The van der Waals surface area contributed by atoms with Crippen molar-refractivity contribution in [2.45, 2.75) is 57.5 Å². The molecule has 1 amide bonds. The van der Waals surface area contributed by atoms with Gasteiger partial charge in [-0.3, -0.25) is 14.7 Å². The Hall–Kier alpha value is -3.06. The van der Waals surface area contributed by atoms with Crippen LogP contribution in [0.15, 0.2) is 36.7 Å². The number of benzene rings is 1. The molecule has 0 atom stereocenters. The number of carbonyl (C=O) groups is 1. The largest absolute Gasteiger partial charge is 0.320 e. The second kappa shape index (κ2) is 8.37. The lowest BCUT2D eigenvalue weighted by molar-refractivity contribution is 0.0996. The first-order valence-corrected chi connectivity index (χ1v) is 12.1. The van der Waals surface area contributed by atoms with E-state index in [1.807, 2.05) is 28.6 Å². The van der Waals surface area contributed by atoms with Crippen LogP contribution in [0.3, 0.4) is 0 Å². The Bertz CT molecular complexity index is 1190. The van der Waals surface area contributed by atoms with Gasteiger partial charge in [-0.05, 0) is 62.5 Å². The van der Waals surface area contributed by atoms with E-state index in [1.165, 1.54) is 37.8 Å². The van der Waals surface area contributed by atoms with Crippen LogP contribution in [-0.2, 0) is 26.6 Å². The van der Waals surface area contributed by atoms with Crippen LogP contribution in [0.1, 0.15) is 76.7 Å². The van der Waals surface area contributed by atoms with Gasteiger partial charge in [0, 0.05) is 48.4 Å². The SMILES string of the molecule is Cn1cnnc1Cc1cccc(N2Cc3c(cc(CN4CCCCC4)nc3C3CC3)C2=O)c1. The number of hydrogen-bond acceptors (Lipinski definition) is 5. The minimum Gasteiger partial charge on any atom is -0.320 e. The van der Waals surface area contributed by atoms with Crippen molar-refractivity contribution in [1.82, 2.24) is 24.6 Å². The molecule has 2 fully saturated rings. The first-order valence-electron chi connectivity index (χ1n) is 12.1. The van der Waals surface area contributed by atoms with Crippen molar-refractivity contribution in [3.8, 4) is 0 Å². The van der Waals surface area contributed by atoms with E-state index in [2.05, 4.69) is 33.3 Å². The van der Waals surface area contributed by atoms with Crippen molar-refractivity contribution in [3.05, 3.63) is 70.6 Å². The van der Waals surface area contributed by atoms with E-state index in [4.69, 9.17) is 4.98 Å². The molecule has 0 spiro atoms. The van der Waals surface area contributed by atoms with Gasteiger partial charge >= 0.3 is 0 Å². The number of aryl methyl sites for hydroxylation is 1. The molecule has 7 heteroatoms. The van der Waals surface area contributed by atoms with Crippen LogP contribution in [0.4, 0.5) is 5.69 Å². The van der Waals surface area contributed by atoms with E-state index in [9.17, 15) is 4.79 Å². The van der Waals surface area contributed by atoms with Gasteiger partial charge < -0.3 is 9.47 Å². The van der Waals surface area contributed by atoms with Gasteiger partial charge in [-0.25, -0.2) is 0 Å². The summed E-state index contributed by atoms with van der Waals surface area (Å²) in [7, 11) is 1.95. The fourth-order valence-electron chi connectivity index (χ4n) is 5.19. The number of likely N-dealkylation sites (tertiary alicyclic amines) is 1. The molecule has 1 aliphatic carbocycles. The van der Waals surface area contributed by atoms with Crippen molar-refractivity contribution >= 4 is 11.6 Å². The van der Waals surface area contributed by atoms with Gasteiger partial charge in [0.2, 0.25) is 0 Å². The molecule has 0 radical (unpaired) electrons. The average Bonchev–Trinajstić information content (AvgIpc) is 3.53. The Kier molecular flexibility index (Phi) is 5.21. The molecular formula is C26H30N6O. The molecule has 2 aliphatic heterocycles. The van der Waals surface area contributed by atoms with E-state index < -0.39 is 0 Å². The minimum absolute atomic E-state index is 0.102. The molecule has 1 aromatic carbocycles. The highest BCUT2D eigenvalue weighted by Crippen LogP contribution is 2.44. The standard InChI is InChI=1S/C26H30N6O/c1-30-17-27-29-24(30)13-18-6-5-7-21(12-18)32-16-23-22(26(32)33)14-20(28-25(23)19-8-9-19)15-31-10-3-2-4-11-31/h5-7,12,14,17,19H,2-4,8-11,13,15-16H2,1H3. The molecule has 3 aliphatic rings. The third kappa shape index (κ3) is 4.06. The summed E-state index contributed by atoms with van der Waals surface area (Å²) in [6.45, 7) is 3.74. The van der Waals surface area contributed by atoms with Crippen molar-refractivity contribution in [2.24, 2.45) is 7.05 Å². The molecule has 1 saturated heterocycles. The van der Waals surface area contributed by atoms with Gasteiger partial charge in [0.05, 0.1) is 12.2 Å². The molecule has 0 bridgehead atoms. The molecular weight excluding hydrogens is 412 g/mol. The number of nitrogens with zero attached hydrogens (tertiary/aromatic N) is 6. The Morgan fingerprint density at radius 2 is 1.94 bits per heavy atom. The quantitative estimate of drug-likeness (QED) is 0.581. The Morgan fingerprint density at radius 3 is 2.70 bits per heavy atom. The zero-order valence-electron chi connectivity index (χ0n) is 19.2. The minimum atomic E-state index is 0.102. The van der Waals surface area contributed by atoms with Gasteiger partial charge in [0.1, 0.15) is 12.2 Å². The smallest absolute Gasteiger partial charge is 0.259 e. The number of pyridine rings is 1. The predicted molar refractivity (Wildman–Crippen MR) is 126 cm³/mol. The summed E-state index contributed by atoms with van der Waals surface area (Å²) >= 11 is 0. The van der Waals surface area contributed by atoms with E-state index in [0.717, 1.165) is 53.5 Å². The summed E-state index contributed by atoms with van der Waals surface area (Å²) in [6, 6.07) is 10.3. The van der Waals surface area contributed by atoms with Gasteiger partial charge in [-0.2, -0.15) is 0 Å². The van der Waals surface area contributed by atoms with Crippen molar-refractivity contribution in [2.75, 3.05) is 18.0 Å². The maximum Gasteiger partial charge on any atom is 0.259 e. The van der Waals surface area contributed by atoms with Crippen LogP contribution in [0, 0.1) is 0 Å². The lowest BCUT2D eigenvalue weighted by atomic mass is 10.0. The first-order chi connectivity index (χ1) is 16.2. The monoisotopic (exact) mass is 442 g/mol. The molecule has 7 nitrogen and oxygen atoms in total. The average molecular weight is 443 g/mol. The highest BCUT2D eigenvalue weighted by atomic mass is 16.2. The third-order valence-corrected chi connectivity index (χ3v) is 7.19. The lowest BCUT2D eigenvalue weighted by Crippen LogP contribution is -2.29. The van der Waals surface area contributed by atoms with E-state index >= 15 is 0 Å². The molecule has 2 aromatic heterocycles. The third-order valence-electron chi connectivity index (χ3n) is 7.19. The molecule has 1 saturated carbocycles. The number of carbonyl (C=O) groups excluding carboxylic acids is 1. The Balaban J connectivity index is 1.28. The van der Waals surface area contributed by atoms with Crippen LogP contribution < -0.4 is 4.90 Å². The molecule has 0 unspecified atom stereocenters. The van der Waals surface area contributed by atoms with Crippen LogP contribution in [0.25, 0.3) is 0 Å². The van der Waals surface area contributed by atoms with Gasteiger partial charge in [-0.1, -0.05) is 18.6 Å². The van der Waals surface area contributed by atoms with Crippen LogP contribution in [-0.4, -0.2) is 43.6 Å². The van der Waals surface area contributed by atoms with E-state index in [0.29, 0.717) is 18.9 Å². The normalized spacial score (nSPS) is 18.7. The lowest BCUT2D eigenvalue weighted by Gasteiger charge is -2.26.